The zero-order chi connectivity index (χ0) is 13.5. The molecule has 18 heavy (non-hydrogen) atoms. The van der Waals surface area contributed by atoms with Crippen molar-refractivity contribution in [1.29, 1.82) is 0 Å². The number of carbonyl (C=O) groups is 2. The van der Waals surface area contributed by atoms with Gasteiger partial charge in [-0.1, -0.05) is 38.1 Å². The summed E-state index contributed by atoms with van der Waals surface area (Å²) in [6.07, 6.45) is 2.96. The van der Waals surface area contributed by atoms with Gasteiger partial charge in [0.25, 0.3) is 0 Å². The van der Waals surface area contributed by atoms with E-state index in [1.807, 2.05) is 32.0 Å². The van der Waals surface area contributed by atoms with Gasteiger partial charge < -0.3 is 4.74 Å². The first-order valence-corrected chi connectivity index (χ1v) is 6.04. The molecule has 1 aromatic rings. The Hall–Kier alpha value is -1.90. The molecule has 0 bridgehead atoms. The second kappa shape index (κ2) is 6.74. The van der Waals surface area contributed by atoms with Gasteiger partial charge in [0.15, 0.2) is 5.78 Å². The molecule has 0 amide bonds. The molecule has 0 aromatic heterocycles. The van der Waals surface area contributed by atoms with Crippen molar-refractivity contribution in [3.63, 3.8) is 0 Å². The Labute approximate surface area is 107 Å². The number of hydrogen-bond donors (Lipinski definition) is 0. The van der Waals surface area contributed by atoms with Gasteiger partial charge in [0, 0.05) is 17.6 Å². The van der Waals surface area contributed by atoms with Gasteiger partial charge >= 0.3 is 5.97 Å². The smallest absolute Gasteiger partial charge is 0.330 e. The number of esters is 1. The fraction of sp³-hybridized carbons (Fsp3) is 0.333. The maximum Gasteiger partial charge on any atom is 0.330 e. The minimum absolute atomic E-state index is 0.0675. The SMILES string of the molecule is CCOC(=O)/C=C/c1ccccc1C(=O)C(C)C. The highest BCUT2D eigenvalue weighted by Crippen LogP contribution is 2.15. The molecular weight excluding hydrogens is 228 g/mol. The quantitative estimate of drug-likeness (QED) is 0.455. The highest BCUT2D eigenvalue weighted by molar-refractivity contribution is 6.01. The Morgan fingerprint density at radius 1 is 1.28 bits per heavy atom. The van der Waals surface area contributed by atoms with Gasteiger partial charge in [-0.05, 0) is 18.6 Å². The van der Waals surface area contributed by atoms with Crippen LogP contribution in [0.2, 0.25) is 0 Å². The second-order valence-electron chi connectivity index (χ2n) is 4.19. The third-order valence-electron chi connectivity index (χ3n) is 2.44. The molecule has 0 aliphatic heterocycles. The summed E-state index contributed by atoms with van der Waals surface area (Å²) in [7, 11) is 0. The highest BCUT2D eigenvalue weighted by Gasteiger charge is 2.12. The number of rotatable bonds is 5. The fourth-order valence-electron chi connectivity index (χ4n) is 1.53. The molecule has 1 rings (SSSR count). The third kappa shape index (κ3) is 3.84. The van der Waals surface area contributed by atoms with E-state index in [0.29, 0.717) is 12.2 Å². The molecule has 0 unspecified atom stereocenters. The van der Waals surface area contributed by atoms with E-state index >= 15 is 0 Å². The van der Waals surface area contributed by atoms with E-state index < -0.39 is 5.97 Å². The predicted molar refractivity (Wildman–Crippen MR) is 71.3 cm³/mol. The van der Waals surface area contributed by atoms with Crippen LogP contribution in [-0.2, 0) is 9.53 Å². The molecule has 0 spiro atoms. The van der Waals surface area contributed by atoms with Gasteiger partial charge in [0.05, 0.1) is 6.61 Å². The molecule has 0 fully saturated rings. The number of Topliss-reactive ketones (excluding diaryl/α,β-unsaturated/α-hetero) is 1. The van der Waals surface area contributed by atoms with Gasteiger partial charge in [0.2, 0.25) is 0 Å². The maximum absolute atomic E-state index is 12.0. The van der Waals surface area contributed by atoms with E-state index in [-0.39, 0.29) is 11.7 Å². The zero-order valence-electron chi connectivity index (χ0n) is 11.0. The van der Waals surface area contributed by atoms with Crippen LogP contribution >= 0.6 is 0 Å². The predicted octanol–water partition coefficient (Wildman–Crippen LogP) is 3.10. The first kappa shape index (κ1) is 14.2. The van der Waals surface area contributed by atoms with Crippen LogP contribution in [0, 0.1) is 5.92 Å². The first-order valence-electron chi connectivity index (χ1n) is 6.04. The molecule has 0 saturated heterocycles. The molecule has 3 heteroatoms. The molecule has 0 heterocycles. The largest absolute Gasteiger partial charge is 0.463 e. The van der Waals surface area contributed by atoms with E-state index in [4.69, 9.17) is 4.74 Å². The lowest BCUT2D eigenvalue weighted by Gasteiger charge is -2.07. The standard InChI is InChI=1S/C15H18O3/c1-4-18-14(16)10-9-12-7-5-6-8-13(12)15(17)11(2)3/h5-11H,4H2,1-3H3/b10-9+. The average Bonchev–Trinajstić information content (AvgIpc) is 2.36. The number of ketones is 1. The van der Waals surface area contributed by atoms with Crippen molar-refractivity contribution in [2.45, 2.75) is 20.8 Å². The van der Waals surface area contributed by atoms with Crippen LogP contribution < -0.4 is 0 Å². The monoisotopic (exact) mass is 246 g/mol. The summed E-state index contributed by atoms with van der Waals surface area (Å²) in [5, 5.41) is 0. The minimum atomic E-state index is -0.399. The van der Waals surface area contributed by atoms with Crippen molar-refractivity contribution in [1.82, 2.24) is 0 Å². The Morgan fingerprint density at radius 3 is 2.56 bits per heavy atom. The van der Waals surface area contributed by atoms with E-state index in [1.165, 1.54) is 6.08 Å². The molecule has 3 nitrogen and oxygen atoms in total. The highest BCUT2D eigenvalue weighted by atomic mass is 16.5. The van der Waals surface area contributed by atoms with Crippen LogP contribution in [0.25, 0.3) is 6.08 Å². The summed E-state index contributed by atoms with van der Waals surface area (Å²) in [5.41, 5.74) is 1.37. The lowest BCUT2D eigenvalue weighted by Crippen LogP contribution is -2.09. The van der Waals surface area contributed by atoms with Crippen molar-refractivity contribution >= 4 is 17.8 Å². The number of carbonyl (C=O) groups excluding carboxylic acids is 2. The van der Waals surface area contributed by atoms with Crippen molar-refractivity contribution in [3.8, 4) is 0 Å². The van der Waals surface area contributed by atoms with Gasteiger partial charge in [-0.3, -0.25) is 4.79 Å². The second-order valence-corrected chi connectivity index (χ2v) is 4.19. The van der Waals surface area contributed by atoms with Gasteiger partial charge in [-0.25, -0.2) is 4.79 Å². The van der Waals surface area contributed by atoms with Gasteiger partial charge in [-0.15, -0.1) is 0 Å². The normalized spacial score (nSPS) is 10.9. The van der Waals surface area contributed by atoms with Gasteiger partial charge in [-0.2, -0.15) is 0 Å². The summed E-state index contributed by atoms with van der Waals surface area (Å²) in [4.78, 5) is 23.2. The Morgan fingerprint density at radius 2 is 1.94 bits per heavy atom. The van der Waals surface area contributed by atoms with Crippen LogP contribution in [0.15, 0.2) is 30.3 Å². The Balaban J connectivity index is 2.96. The van der Waals surface area contributed by atoms with E-state index in [9.17, 15) is 9.59 Å². The fourth-order valence-corrected chi connectivity index (χ4v) is 1.53. The van der Waals surface area contributed by atoms with Crippen LogP contribution in [0.5, 0.6) is 0 Å². The Bertz CT molecular complexity index is 459. The van der Waals surface area contributed by atoms with Crippen molar-refractivity contribution in [2.75, 3.05) is 6.61 Å². The summed E-state index contributed by atoms with van der Waals surface area (Å²) in [5.74, 6) is -0.398. The zero-order valence-corrected chi connectivity index (χ0v) is 11.0. The number of benzene rings is 1. The summed E-state index contributed by atoms with van der Waals surface area (Å²) in [6.45, 7) is 5.81. The molecular formula is C15H18O3. The van der Waals surface area contributed by atoms with Crippen LogP contribution in [0.1, 0.15) is 36.7 Å². The van der Waals surface area contributed by atoms with Crippen molar-refractivity contribution in [2.24, 2.45) is 5.92 Å². The Kier molecular flexibility index (Phi) is 5.31. The van der Waals surface area contributed by atoms with E-state index in [1.54, 1.807) is 19.1 Å². The lowest BCUT2D eigenvalue weighted by atomic mass is 9.96. The van der Waals surface area contributed by atoms with Crippen LogP contribution in [0.3, 0.4) is 0 Å². The van der Waals surface area contributed by atoms with Crippen molar-refractivity contribution in [3.05, 3.63) is 41.5 Å². The lowest BCUT2D eigenvalue weighted by molar-refractivity contribution is -0.137. The minimum Gasteiger partial charge on any atom is -0.463 e. The van der Waals surface area contributed by atoms with Crippen LogP contribution in [-0.4, -0.2) is 18.4 Å². The third-order valence-corrected chi connectivity index (χ3v) is 2.44. The molecule has 1 aromatic carbocycles. The summed E-state index contributed by atoms with van der Waals surface area (Å²) < 4.78 is 4.80. The van der Waals surface area contributed by atoms with Crippen molar-refractivity contribution < 1.29 is 14.3 Å². The summed E-state index contributed by atoms with van der Waals surface area (Å²) >= 11 is 0. The first-order chi connectivity index (χ1) is 8.56. The van der Waals surface area contributed by atoms with Gasteiger partial charge in [0.1, 0.15) is 0 Å². The molecule has 0 atom stereocenters. The molecule has 0 radical (unpaired) electrons. The number of hydrogen-bond acceptors (Lipinski definition) is 3. The molecule has 0 aliphatic rings. The van der Waals surface area contributed by atoms with E-state index in [2.05, 4.69) is 0 Å². The molecule has 96 valence electrons. The van der Waals surface area contributed by atoms with Crippen LogP contribution in [0.4, 0.5) is 0 Å². The average molecular weight is 246 g/mol. The van der Waals surface area contributed by atoms with E-state index in [0.717, 1.165) is 5.56 Å². The molecule has 0 saturated carbocycles. The molecule has 0 N–H and O–H groups in total. The molecule has 0 aliphatic carbocycles. The maximum atomic E-state index is 12.0. The topological polar surface area (TPSA) is 43.4 Å². The summed E-state index contributed by atoms with van der Waals surface area (Å²) in [6, 6.07) is 7.23. The number of ether oxygens (including phenoxy) is 1.